The predicted octanol–water partition coefficient (Wildman–Crippen LogP) is 2.58. The maximum atomic E-state index is 12.3. The van der Waals surface area contributed by atoms with Gasteiger partial charge in [0.15, 0.2) is 23.6 Å². The van der Waals surface area contributed by atoms with E-state index in [4.69, 9.17) is 14.2 Å². The molecule has 0 aromatic carbocycles. The monoisotopic (exact) mass is 382 g/mol. The first-order valence-corrected chi connectivity index (χ1v) is 9.29. The van der Waals surface area contributed by atoms with E-state index in [9.17, 15) is 9.59 Å². The van der Waals surface area contributed by atoms with Crippen molar-refractivity contribution in [2.24, 2.45) is 11.3 Å². The zero-order valence-electron chi connectivity index (χ0n) is 15.4. The molecule has 1 unspecified atom stereocenters. The third-order valence-corrected chi connectivity index (χ3v) is 5.93. The molecule has 1 aliphatic heterocycles. The molecule has 4 rings (SSSR count). The average Bonchev–Trinajstić information content (AvgIpc) is 3.13. The normalized spacial score (nSPS) is 20.0. The van der Waals surface area contributed by atoms with Gasteiger partial charge in [0, 0.05) is 25.2 Å². The Hall–Kier alpha value is -3.16. The van der Waals surface area contributed by atoms with Gasteiger partial charge in [0.1, 0.15) is 6.26 Å². The van der Waals surface area contributed by atoms with Gasteiger partial charge in [-0.3, -0.25) is 9.59 Å². The minimum Gasteiger partial charge on any atom is -0.451 e. The number of aromatic nitrogens is 1. The summed E-state index contributed by atoms with van der Waals surface area (Å²) in [7, 11) is 0. The lowest BCUT2D eigenvalue weighted by atomic mass is 9.90. The van der Waals surface area contributed by atoms with E-state index >= 15 is 0 Å². The number of carbonyl (C=O) groups is 2. The van der Waals surface area contributed by atoms with Gasteiger partial charge in [0.2, 0.25) is 0 Å². The zero-order chi connectivity index (χ0) is 19.7. The molecule has 2 aromatic heterocycles. The molecule has 2 aliphatic rings. The molecule has 1 aliphatic carbocycles. The Kier molecular flexibility index (Phi) is 4.62. The molecule has 0 radical (unpaired) electrons. The fourth-order valence-corrected chi connectivity index (χ4v) is 4.07. The molecule has 1 saturated heterocycles. The van der Waals surface area contributed by atoms with Gasteiger partial charge in [-0.15, -0.1) is 0 Å². The third kappa shape index (κ3) is 3.26. The molecule has 2 fully saturated rings. The number of hydrogen-bond donors (Lipinski definition) is 2. The lowest BCUT2D eigenvalue weighted by molar-refractivity contribution is 0.0662. The molecule has 0 bridgehead atoms. The molecule has 2 aromatic rings. The van der Waals surface area contributed by atoms with E-state index in [0.29, 0.717) is 42.6 Å². The Morgan fingerprint density at radius 3 is 2.82 bits per heavy atom. The highest BCUT2D eigenvalue weighted by Crippen LogP contribution is 2.59. The smallest absolute Gasteiger partial charge is 0.287 e. The number of piperidine rings is 1. The van der Waals surface area contributed by atoms with E-state index in [1.807, 2.05) is 4.90 Å². The van der Waals surface area contributed by atoms with Gasteiger partial charge in [0.05, 0.1) is 6.21 Å². The van der Waals surface area contributed by atoms with Crippen LogP contribution in [0.1, 0.15) is 51.6 Å². The molecule has 1 atom stereocenters. The molecule has 2 amide bonds. The SMILES string of the molecule is C=Cc1cc(C(=O)NCC2CC23CCN(C(=O)c2cocn2)CC3)oc1C=N. The van der Waals surface area contributed by atoms with Gasteiger partial charge < -0.3 is 24.5 Å². The van der Waals surface area contributed by atoms with Gasteiger partial charge in [-0.05, 0) is 36.7 Å². The van der Waals surface area contributed by atoms with Crippen LogP contribution in [0.15, 0.2) is 34.1 Å². The molecule has 3 heterocycles. The Morgan fingerprint density at radius 2 is 2.21 bits per heavy atom. The largest absolute Gasteiger partial charge is 0.451 e. The standard InChI is InChI=1S/C20H22N4O4/c1-2-13-7-16(28-17(13)9-21)18(25)22-10-14-8-20(14)3-5-24(6-4-20)19(26)15-11-27-12-23-15/h2,7,9,11-12,14,21H,1,3-6,8,10H2,(H,22,25). The first kappa shape index (κ1) is 18.2. The average molecular weight is 382 g/mol. The fraction of sp³-hybridized carbons (Fsp3) is 0.400. The second-order valence-corrected chi connectivity index (χ2v) is 7.42. The van der Waals surface area contributed by atoms with E-state index in [1.54, 1.807) is 12.1 Å². The summed E-state index contributed by atoms with van der Waals surface area (Å²) in [5.74, 6) is 0.559. The van der Waals surface area contributed by atoms with Gasteiger partial charge in [0.25, 0.3) is 11.8 Å². The topological polar surface area (TPSA) is 112 Å². The second kappa shape index (κ2) is 7.10. The number of amides is 2. The summed E-state index contributed by atoms with van der Waals surface area (Å²) in [4.78, 5) is 30.4. The number of rotatable bonds is 6. The van der Waals surface area contributed by atoms with Crippen LogP contribution in [0, 0.1) is 16.7 Å². The van der Waals surface area contributed by atoms with E-state index in [-0.39, 0.29) is 23.0 Å². The number of hydrogen-bond acceptors (Lipinski definition) is 6. The molecular formula is C20H22N4O4. The summed E-state index contributed by atoms with van der Waals surface area (Å²) in [6.45, 7) is 5.63. The predicted molar refractivity (Wildman–Crippen MR) is 101 cm³/mol. The van der Waals surface area contributed by atoms with Crippen LogP contribution in [-0.2, 0) is 0 Å². The van der Waals surface area contributed by atoms with Crippen molar-refractivity contribution in [2.45, 2.75) is 19.3 Å². The number of likely N-dealkylation sites (tertiary alicyclic amines) is 1. The number of nitrogens with zero attached hydrogens (tertiary/aromatic N) is 2. The van der Waals surface area contributed by atoms with Crippen molar-refractivity contribution < 1.29 is 18.4 Å². The number of nitrogens with one attached hydrogen (secondary N) is 2. The first-order chi connectivity index (χ1) is 13.6. The number of carbonyl (C=O) groups excluding carboxylic acids is 2. The Bertz CT molecular complexity index is 881. The molecule has 8 nitrogen and oxygen atoms in total. The summed E-state index contributed by atoms with van der Waals surface area (Å²) in [5.41, 5.74) is 1.19. The maximum Gasteiger partial charge on any atom is 0.287 e. The van der Waals surface area contributed by atoms with Crippen molar-refractivity contribution in [3.63, 3.8) is 0 Å². The van der Waals surface area contributed by atoms with Crippen LogP contribution in [-0.4, -0.2) is 47.5 Å². The van der Waals surface area contributed by atoms with Crippen molar-refractivity contribution in [1.29, 1.82) is 5.41 Å². The number of oxazole rings is 1. The van der Waals surface area contributed by atoms with E-state index in [1.165, 1.54) is 12.7 Å². The highest BCUT2D eigenvalue weighted by atomic mass is 16.4. The molecule has 146 valence electrons. The van der Waals surface area contributed by atoms with Crippen LogP contribution < -0.4 is 5.32 Å². The summed E-state index contributed by atoms with van der Waals surface area (Å²) in [6.07, 6.45) is 8.18. The summed E-state index contributed by atoms with van der Waals surface area (Å²) in [5, 5.41) is 10.2. The van der Waals surface area contributed by atoms with Crippen LogP contribution in [0.25, 0.3) is 6.08 Å². The molecule has 28 heavy (non-hydrogen) atoms. The van der Waals surface area contributed by atoms with Crippen LogP contribution >= 0.6 is 0 Å². The summed E-state index contributed by atoms with van der Waals surface area (Å²) in [6, 6.07) is 1.60. The van der Waals surface area contributed by atoms with E-state index in [2.05, 4.69) is 16.9 Å². The van der Waals surface area contributed by atoms with Gasteiger partial charge in [-0.2, -0.15) is 0 Å². The first-order valence-electron chi connectivity index (χ1n) is 9.29. The highest BCUT2D eigenvalue weighted by molar-refractivity contribution is 5.94. The third-order valence-electron chi connectivity index (χ3n) is 5.93. The summed E-state index contributed by atoms with van der Waals surface area (Å²) < 4.78 is 10.3. The molecule has 1 saturated carbocycles. The Labute approximate surface area is 162 Å². The molecular weight excluding hydrogens is 360 g/mol. The van der Waals surface area contributed by atoms with Crippen molar-refractivity contribution in [2.75, 3.05) is 19.6 Å². The molecule has 1 spiro atoms. The maximum absolute atomic E-state index is 12.3. The number of furan rings is 1. The quantitative estimate of drug-likeness (QED) is 0.746. The minimum atomic E-state index is -0.281. The lowest BCUT2D eigenvalue weighted by Crippen LogP contribution is -2.40. The Morgan fingerprint density at radius 1 is 1.43 bits per heavy atom. The minimum absolute atomic E-state index is 0.0908. The molecule has 2 N–H and O–H groups in total. The van der Waals surface area contributed by atoms with E-state index in [0.717, 1.165) is 25.5 Å². The van der Waals surface area contributed by atoms with Crippen LogP contribution in [0.4, 0.5) is 0 Å². The van der Waals surface area contributed by atoms with Gasteiger partial charge in [-0.25, -0.2) is 4.98 Å². The van der Waals surface area contributed by atoms with Crippen LogP contribution in [0.2, 0.25) is 0 Å². The summed E-state index contributed by atoms with van der Waals surface area (Å²) >= 11 is 0. The van der Waals surface area contributed by atoms with Crippen molar-refractivity contribution in [3.05, 3.63) is 48.1 Å². The zero-order valence-corrected chi connectivity index (χ0v) is 15.4. The second-order valence-electron chi connectivity index (χ2n) is 7.42. The van der Waals surface area contributed by atoms with Crippen molar-refractivity contribution in [3.8, 4) is 0 Å². The lowest BCUT2D eigenvalue weighted by Gasteiger charge is -2.32. The van der Waals surface area contributed by atoms with E-state index < -0.39 is 0 Å². The van der Waals surface area contributed by atoms with Gasteiger partial charge in [-0.1, -0.05) is 12.7 Å². The highest BCUT2D eigenvalue weighted by Gasteiger charge is 2.54. The fourth-order valence-electron chi connectivity index (χ4n) is 4.07. The Balaban J connectivity index is 1.28. The van der Waals surface area contributed by atoms with Crippen LogP contribution in [0.5, 0.6) is 0 Å². The van der Waals surface area contributed by atoms with Crippen LogP contribution in [0.3, 0.4) is 0 Å². The van der Waals surface area contributed by atoms with Gasteiger partial charge >= 0.3 is 0 Å². The molecule has 8 heteroatoms. The van der Waals surface area contributed by atoms with Crippen molar-refractivity contribution in [1.82, 2.24) is 15.2 Å². The van der Waals surface area contributed by atoms with Crippen molar-refractivity contribution >= 4 is 24.1 Å².